The van der Waals surface area contributed by atoms with Gasteiger partial charge in [-0.25, -0.2) is 4.79 Å². The topological polar surface area (TPSA) is 57.7 Å². The number of ether oxygens (including phenoxy) is 1. The van der Waals surface area contributed by atoms with Crippen molar-refractivity contribution < 1.29 is 9.53 Å². The lowest BCUT2D eigenvalue weighted by molar-refractivity contribution is 0.200. The van der Waals surface area contributed by atoms with E-state index >= 15 is 0 Å². The summed E-state index contributed by atoms with van der Waals surface area (Å²) in [4.78, 5) is 21.6. The molecule has 25 heavy (non-hydrogen) atoms. The number of carbonyl (C=O) groups excluding carboxylic acids is 1. The van der Waals surface area contributed by atoms with Crippen molar-refractivity contribution >= 4 is 22.6 Å². The van der Waals surface area contributed by atoms with Crippen molar-refractivity contribution in [1.82, 2.24) is 14.8 Å². The van der Waals surface area contributed by atoms with Crippen LogP contribution in [0, 0.1) is 0 Å². The van der Waals surface area contributed by atoms with Crippen molar-refractivity contribution in [1.29, 1.82) is 0 Å². The van der Waals surface area contributed by atoms with Gasteiger partial charge in [0.25, 0.3) is 0 Å². The number of likely N-dealkylation sites (tertiary alicyclic amines) is 1. The number of fused-ring (bicyclic) bond motifs is 3. The van der Waals surface area contributed by atoms with Gasteiger partial charge < -0.3 is 15.0 Å². The van der Waals surface area contributed by atoms with Crippen molar-refractivity contribution in [3.05, 3.63) is 30.5 Å². The number of carbonyl (C=O) groups is 1. The van der Waals surface area contributed by atoms with Gasteiger partial charge >= 0.3 is 6.03 Å². The molecule has 2 atom stereocenters. The molecule has 1 aromatic carbocycles. The number of hydrogen-bond acceptors (Lipinski definition) is 4. The van der Waals surface area contributed by atoms with Crippen LogP contribution in [0.5, 0.6) is 5.75 Å². The second-order valence-electron chi connectivity index (χ2n) is 6.93. The van der Waals surface area contributed by atoms with Gasteiger partial charge in [-0.05, 0) is 50.6 Å². The Bertz CT molecular complexity index is 794. The molecule has 1 N–H and O–H groups in total. The van der Waals surface area contributed by atoms with E-state index in [-0.39, 0.29) is 6.03 Å². The molecule has 0 aliphatic carbocycles. The Morgan fingerprint density at radius 1 is 1.24 bits per heavy atom. The van der Waals surface area contributed by atoms with E-state index in [4.69, 9.17) is 4.74 Å². The lowest BCUT2D eigenvalue weighted by Crippen LogP contribution is -2.41. The van der Waals surface area contributed by atoms with Crippen LogP contribution in [-0.4, -0.2) is 60.1 Å². The van der Waals surface area contributed by atoms with Gasteiger partial charge in [0.15, 0.2) is 0 Å². The minimum absolute atomic E-state index is 0.0312. The number of amides is 2. The first-order valence-electron chi connectivity index (χ1n) is 8.87. The molecule has 4 rings (SSSR count). The summed E-state index contributed by atoms with van der Waals surface area (Å²) in [6.45, 7) is 1.61. The van der Waals surface area contributed by atoms with Gasteiger partial charge in [-0.15, -0.1) is 0 Å². The molecule has 6 heteroatoms. The van der Waals surface area contributed by atoms with Crippen LogP contribution in [0.1, 0.15) is 19.3 Å². The van der Waals surface area contributed by atoms with Crippen LogP contribution < -0.4 is 10.1 Å². The van der Waals surface area contributed by atoms with Crippen molar-refractivity contribution in [2.24, 2.45) is 0 Å². The van der Waals surface area contributed by atoms with E-state index in [0.29, 0.717) is 17.8 Å². The third kappa shape index (κ3) is 2.91. The average Bonchev–Trinajstić information content (AvgIpc) is 2.87. The molecule has 2 aliphatic rings. The number of urea groups is 1. The predicted octanol–water partition coefficient (Wildman–Crippen LogP) is 2.94. The highest BCUT2D eigenvalue weighted by atomic mass is 16.5. The monoisotopic (exact) mass is 340 g/mol. The molecule has 3 heterocycles. The van der Waals surface area contributed by atoms with Crippen LogP contribution in [0.3, 0.4) is 0 Å². The highest BCUT2D eigenvalue weighted by Crippen LogP contribution is 2.31. The Labute approximate surface area is 147 Å². The summed E-state index contributed by atoms with van der Waals surface area (Å²) in [5, 5.41) is 3.97. The number of pyridine rings is 1. The van der Waals surface area contributed by atoms with Crippen LogP contribution in [0.25, 0.3) is 10.9 Å². The number of nitrogens with zero attached hydrogens (tertiary/aromatic N) is 3. The molecular formula is C19H24N4O2. The highest BCUT2D eigenvalue weighted by molar-refractivity contribution is 6.02. The SMILES string of the molecule is COc1ccc(NC(=O)N2CCC3CCC(C2)N3C)c2cccnc12. The number of anilines is 1. The van der Waals surface area contributed by atoms with Gasteiger partial charge in [0, 0.05) is 36.8 Å². The van der Waals surface area contributed by atoms with Crippen LogP contribution in [0.2, 0.25) is 0 Å². The number of nitrogens with one attached hydrogen (secondary N) is 1. The maximum Gasteiger partial charge on any atom is 0.321 e. The Morgan fingerprint density at radius 2 is 2.08 bits per heavy atom. The Balaban J connectivity index is 1.56. The fourth-order valence-electron chi connectivity index (χ4n) is 4.11. The molecule has 2 fully saturated rings. The van der Waals surface area contributed by atoms with Crippen molar-refractivity contribution in [2.75, 3.05) is 32.6 Å². The zero-order chi connectivity index (χ0) is 17.4. The van der Waals surface area contributed by atoms with Gasteiger partial charge in [0.2, 0.25) is 0 Å². The summed E-state index contributed by atoms with van der Waals surface area (Å²) in [5.74, 6) is 0.710. The van der Waals surface area contributed by atoms with Gasteiger partial charge in [-0.3, -0.25) is 9.88 Å². The number of aromatic nitrogens is 1. The van der Waals surface area contributed by atoms with Crippen LogP contribution in [0.4, 0.5) is 10.5 Å². The highest BCUT2D eigenvalue weighted by Gasteiger charge is 2.36. The van der Waals surface area contributed by atoms with Gasteiger partial charge in [0.05, 0.1) is 12.8 Å². The molecule has 0 saturated carbocycles. The molecule has 2 unspecified atom stereocenters. The first-order valence-corrected chi connectivity index (χ1v) is 8.87. The van der Waals surface area contributed by atoms with Crippen molar-refractivity contribution in [2.45, 2.75) is 31.3 Å². The Morgan fingerprint density at radius 3 is 2.92 bits per heavy atom. The number of benzene rings is 1. The van der Waals surface area contributed by atoms with Gasteiger partial charge in [-0.2, -0.15) is 0 Å². The molecule has 2 bridgehead atoms. The Kier molecular flexibility index (Phi) is 4.21. The van der Waals surface area contributed by atoms with Crippen molar-refractivity contribution in [3.8, 4) is 5.75 Å². The first-order chi connectivity index (χ1) is 12.2. The minimum Gasteiger partial charge on any atom is -0.494 e. The van der Waals surface area contributed by atoms with E-state index in [0.717, 1.165) is 36.1 Å². The normalized spacial score (nSPS) is 23.5. The average molecular weight is 340 g/mol. The van der Waals surface area contributed by atoms with E-state index in [1.165, 1.54) is 12.8 Å². The zero-order valence-corrected chi connectivity index (χ0v) is 14.7. The van der Waals surface area contributed by atoms with Gasteiger partial charge in [0.1, 0.15) is 11.3 Å². The quantitative estimate of drug-likeness (QED) is 0.913. The molecule has 1 aromatic heterocycles. The predicted molar refractivity (Wildman–Crippen MR) is 98.1 cm³/mol. The van der Waals surface area contributed by atoms with Crippen LogP contribution >= 0.6 is 0 Å². The summed E-state index contributed by atoms with van der Waals surface area (Å²) in [6.07, 6.45) is 5.22. The molecular weight excluding hydrogens is 316 g/mol. The molecule has 2 aliphatic heterocycles. The first kappa shape index (κ1) is 16.1. The maximum absolute atomic E-state index is 12.8. The third-order valence-electron chi connectivity index (χ3n) is 5.63. The molecule has 0 radical (unpaired) electrons. The van der Waals surface area contributed by atoms with E-state index in [2.05, 4.69) is 22.2 Å². The summed E-state index contributed by atoms with van der Waals surface area (Å²) < 4.78 is 5.37. The summed E-state index contributed by atoms with van der Waals surface area (Å²) in [6, 6.07) is 8.63. The number of rotatable bonds is 2. The fourth-order valence-corrected chi connectivity index (χ4v) is 4.11. The molecule has 2 amide bonds. The minimum atomic E-state index is -0.0312. The number of hydrogen-bond donors (Lipinski definition) is 1. The zero-order valence-electron chi connectivity index (χ0n) is 14.7. The van der Waals surface area contributed by atoms with Crippen LogP contribution in [-0.2, 0) is 0 Å². The van der Waals surface area contributed by atoms with Crippen LogP contribution in [0.15, 0.2) is 30.5 Å². The standard InChI is InChI=1S/C19H24N4O2/c1-22-13-5-6-14(22)12-23(11-9-13)19(24)21-16-7-8-17(25-2)18-15(16)4-3-10-20-18/h3-4,7-8,10,13-14H,5-6,9,11-12H2,1-2H3,(H,21,24). The Hall–Kier alpha value is -2.34. The largest absolute Gasteiger partial charge is 0.494 e. The summed E-state index contributed by atoms with van der Waals surface area (Å²) >= 11 is 0. The van der Waals surface area contributed by atoms with Crippen molar-refractivity contribution in [3.63, 3.8) is 0 Å². The lowest BCUT2D eigenvalue weighted by Gasteiger charge is -2.26. The van der Waals surface area contributed by atoms with Gasteiger partial charge in [-0.1, -0.05) is 0 Å². The number of methoxy groups -OCH3 is 1. The third-order valence-corrected chi connectivity index (χ3v) is 5.63. The fraction of sp³-hybridized carbons (Fsp3) is 0.474. The summed E-state index contributed by atoms with van der Waals surface area (Å²) in [5.41, 5.74) is 1.54. The second-order valence-corrected chi connectivity index (χ2v) is 6.93. The lowest BCUT2D eigenvalue weighted by atomic mass is 10.1. The van der Waals surface area contributed by atoms with E-state index in [1.807, 2.05) is 29.2 Å². The maximum atomic E-state index is 12.8. The van der Waals surface area contributed by atoms with E-state index < -0.39 is 0 Å². The summed E-state index contributed by atoms with van der Waals surface area (Å²) in [7, 11) is 3.82. The number of likely N-dealkylation sites (N-methyl/N-ethyl adjacent to an activating group) is 1. The molecule has 6 nitrogen and oxygen atoms in total. The smallest absolute Gasteiger partial charge is 0.321 e. The molecule has 0 spiro atoms. The van der Waals surface area contributed by atoms with E-state index in [9.17, 15) is 4.79 Å². The molecule has 132 valence electrons. The molecule has 2 aromatic rings. The second kappa shape index (κ2) is 6.52. The van der Waals surface area contributed by atoms with E-state index in [1.54, 1.807) is 13.3 Å². The molecule has 2 saturated heterocycles.